The zero-order valence-corrected chi connectivity index (χ0v) is 20.8. The first-order chi connectivity index (χ1) is 15.2. The normalized spacial score (nSPS) is 26.6. The molecule has 32 heavy (non-hydrogen) atoms. The standard InChI is InChI=1S/C27H44O5/c1-6-31-25-17-22(18-28)24(32-25)15-13-21(26(29)30)11-7-9-19(2)12-14-23-20(3)10-8-16-27(23,4)5/h9,13,22,24-25,28H,6-8,10-12,14-18H2,1-5H3,(H,29,30)/b19-9+,21-13-/t22-,24-,25+/m1/s1. The van der Waals surface area contributed by atoms with Crippen molar-refractivity contribution in [2.24, 2.45) is 11.3 Å². The Morgan fingerprint density at radius 1 is 1.28 bits per heavy atom. The molecule has 0 aromatic rings. The molecular weight excluding hydrogens is 404 g/mol. The second-order valence-electron chi connectivity index (χ2n) is 10.1. The van der Waals surface area contributed by atoms with Gasteiger partial charge in [-0.25, -0.2) is 4.79 Å². The molecule has 1 fully saturated rings. The van der Waals surface area contributed by atoms with E-state index in [9.17, 15) is 15.0 Å². The number of allylic oxidation sites excluding steroid dienone is 4. The maximum Gasteiger partial charge on any atom is 0.331 e. The van der Waals surface area contributed by atoms with Crippen LogP contribution < -0.4 is 0 Å². The van der Waals surface area contributed by atoms with Crippen molar-refractivity contribution in [3.05, 3.63) is 34.4 Å². The highest BCUT2D eigenvalue weighted by atomic mass is 16.7. The second-order valence-corrected chi connectivity index (χ2v) is 10.1. The summed E-state index contributed by atoms with van der Waals surface area (Å²) in [6, 6.07) is 0. The van der Waals surface area contributed by atoms with Gasteiger partial charge in [0.05, 0.1) is 6.10 Å². The van der Waals surface area contributed by atoms with Crippen LogP contribution in [0.25, 0.3) is 0 Å². The number of hydrogen-bond donors (Lipinski definition) is 2. The molecule has 182 valence electrons. The topological polar surface area (TPSA) is 76.0 Å². The minimum Gasteiger partial charge on any atom is -0.478 e. The van der Waals surface area contributed by atoms with E-state index in [1.165, 1.54) is 24.8 Å². The predicted molar refractivity (Wildman–Crippen MR) is 128 cm³/mol. The maximum absolute atomic E-state index is 11.7. The maximum atomic E-state index is 11.7. The van der Waals surface area contributed by atoms with Crippen molar-refractivity contribution < 1.29 is 24.5 Å². The average molecular weight is 449 g/mol. The lowest BCUT2D eigenvalue weighted by Crippen LogP contribution is -2.20. The van der Waals surface area contributed by atoms with Crippen LogP contribution in [0.2, 0.25) is 0 Å². The summed E-state index contributed by atoms with van der Waals surface area (Å²) in [6.45, 7) is 11.7. The van der Waals surface area contributed by atoms with Gasteiger partial charge in [-0.2, -0.15) is 0 Å². The molecular formula is C27H44O5. The molecule has 1 aliphatic heterocycles. The van der Waals surface area contributed by atoms with Crippen LogP contribution in [0, 0.1) is 11.3 Å². The van der Waals surface area contributed by atoms with Crippen molar-refractivity contribution in [1.29, 1.82) is 0 Å². The Kier molecular flexibility index (Phi) is 10.7. The number of carboxylic acids is 1. The molecule has 0 amide bonds. The number of hydrogen-bond acceptors (Lipinski definition) is 4. The molecule has 1 heterocycles. The number of rotatable bonds is 12. The highest BCUT2D eigenvalue weighted by molar-refractivity contribution is 5.86. The van der Waals surface area contributed by atoms with Gasteiger partial charge in [0.25, 0.3) is 0 Å². The summed E-state index contributed by atoms with van der Waals surface area (Å²) in [6.07, 6.45) is 11.8. The largest absolute Gasteiger partial charge is 0.478 e. The Morgan fingerprint density at radius 2 is 2.03 bits per heavy atom. The van der Waals surface area contributed by atoms with E-state index < -0.39 is 5.97 Å². The second kappa shape index (κ2) is 12.7. The SMILES string of the molecule is CCO[C@@H]1C[C@H](CO)[C@@H](C/C=C(/CC/C=C(\C)CCC2=C(C)CCCC2(C)C)C(=O)O)O1. The van der Waals surface area contributed by atoms with Gasteiger partial charge in [-0.1, -0.05) is 42.7 Å². The number of aliphatic hydroxyl groups is 1. The van der Waals surface area contributed by atoms with E-state index in [4.69, 9.17) is 9.47 Å². The number of carbonyl (C=O) groups is 1. The van der Waals surface area contributed by atoms with E-state index in [1.807, 2.05) is 6.92 Å². The van der Waals surface area contributed by atoms with Crippen molar-refractivity contribution in [2.45, 2.75) is 105 Å². The number of aliphatic carboxylic acids is 1. The molecule has 0 unspecified atom stereocenters. The van der Waals surface area contributed by atoms with Gasteiger partial charge < -0.3 is 19.7 Å². The minimum absolute atomic E-state index is 0.0122. The molecule has 2 N–H and O–H groups in total. The summed E-state index contributed by atoms with van der Waals surface area (Å²) in [5, 5.41) is 19.2. The van der Waals surface area contributed by atoms with Crippen LogP contribution in [-0.4, -0.2) is 41.8 Å². The lowest BCUT2D eigenvalue weighted by Gasteiger charge is -2.35. The zero-order valence-electron chi connectivity index (χ0n) is 20.8. The molecule has 5 heteroatoms. The summed E-state index contributed by atoms with van der Waals surface area (Å²) in [5.41, 5.74) is 5.23. The van der Waals surface area contributed by atoms with Crippen LogP contribution in [0.4, 0.5) is 0 Å². The first-order valence-corrected chi connectivity index (χ1v) is 12.3. The molecule has 5 nitrogen and oxygen atoms in total. The van der Waals surface area contributed by atoms with Gasteiger partial charge in [0.15, 0.2) is 6.29 Å². The summed E-state index contributed by atoms with van der Waals surface area (Å²) >= 11 is 0. The minimum atomic E-state index is -0.874. The van der Waals surface area contributed by atoms with Gasteiger partial charge in [0.2, 0.25) is 0 Å². The van der Waals surface area contributed by atoms with Gasteiger partial charge in [-0.15, -0.1) is 0 Å². The Bertz CT molecular complexity index is 716. The third-order valence-electron chi connectivity index (χ3n) is 7.17. The van der Waals surface area contributed by atoms with Crippen LogP contribution in [-0.2, 0) is 14.3 Å². The third kappa shape index (κ3) is 7.86. The van der Waals surface area contributed by atoms with Crippen LogP contribution in [0.1, 0.15) is 92.4 Å². The van der Waals surface area contributed by atoms with Crippen molar-refractivity contribution in [3.8, 4) is 0 Å². The lowest BCUT2D eigenvalue weighted by molar-refractivity contribution is -0.133. The first-order valence-electron chi connectivity index (χ1n) is 12.3. The van der Waals surface area contributed by atoms with E-state index >= 15 is 0 Å². The van der Waals surface area contributed by atoms with Gasteiger partial charge >= 0.3 is 5.97 Å². The van der Waals surface area contributed by atoms with Crippen molar-refractivity contribution >= 4 is 5.97 Å². The Balaban J connectivity index is 1.87. The molecule has 2 aliphatic rings. The Hall–Kier alpha value is -1.43. The van der Waals surface area contributed by atoms with Crippen molar-refractivity contribution in [2.75, 3.05) is 13.2 Å². The molecule has 2 rings (SSSR count). The molecule has 0 bridgehead atoms. The molecule has 0 aromatic carbocycles. The third-order valence-corrected chi connectivity index (χ3v) is 7.17. The summed E-state index contributed by atoms with van der Waals surface area (Å²) in [7, 11) is 0. The Labute approximate surface area is 194 Å². The fourth-order valence-electron chi connectivity index (χ4n) is 5.17. The summed E-state index contributed by atoms with van der Waals surface area (Å²) < 4.78 is 11.4. The number of carboxylic acid groups (broad SMARTS) is 1. The van der Waals surface area contributed by atoms with E-state index in [2.05, 4.69) is 33.8 Å². The lowest BCUT2D eigenvalue weighted by atomic mass is 9.71. The number of ether oxygens (including phenoxy) is 2. The van der Waals surface area contributed by atoms with E-state index in [1.54, 1.807) is 17.2 Å². The van der Waals surface area contributed by atoms with Crippen LogP contribution in [0.3, 0.4) is 0 Å². The highest BCUT2D eigenvalue weighted by Crippen LogP contribution is 2.42. The fraction of sp³-hybridized carbons (Fsp3) is 0.741. The van der Waals surface area contributed by atoms with Crippen molar-refractivity contribution in [1.82, 2.24) is 0 Å². The van der Waals surface area contributed by atoms with E-state index in [0.717, 1.165) is 19.3 Å². The molecule has 0 aromatic heterocycles. The van der Waals surface area contributed by atoms with Crippen LogP contribution in [0.15, 0.2) is 34.4 Å². The van der Waals surface area contributed by atoms with Gasteiger partial charge in [0.1, 0.15) is 0 Å². The fourth-order valence-corrected chi connectivity index (χ4v) is 5.17. The van der Waals surface area contributed by atoms with Crippen LogP contribution >= 0.6 is 0 Å². The quantitative estimate of drug-likeness (QED) is 0.275. The molecule has 3 atom stereocenters. The van der Waals surface area contributed by atoms with Gasteiger partial charge in [-0.3, -0.25) is 0 Å². The summed E-state index contributed by atoms with van der Waals surface area (Å²) in [4.78, 5) is 11.7. The van der Waals surface area contributed by atoms with E-state index in [-0.39, 0.29) is 24.9 Å². The predicted octanol–water partition coefficient (Wildman–Crippen LogP) is 6.18. The van der Waals surface area contributed by atoms with Crippen LogP contribution in [0.5, 0.6) is 0 Å². The van der Waals surface area contributed by atoms with Crippen molar-refractivity contribution in [3.63, 3.8) is 0 Å². The summed E-state index contributed by atoms with van der Waals surface area (Å²) in [5.74, 6) is -0.887. The molecule has 1 saturated heterocycles. The zero-order chi connectivity index (χ0) is 23.7. The number of aliphatic hydroxyl groups excluding tert-OH is 1. The van der Waals surface area contributed by atoms with Gasteiger partial charge in [-0.05, 0) is 77.6 Å². The van der Waals surface area contributed by atoms with Gasteiger partial charge in [0, 0.05) is 31.1 Å². The first kappa shape index (κ1) is 26.8. The monoisotopic (exact) mass is 448 g/mol. The highest BCUT2D eigenvalue weighted by Gasteiger charge is 2.34. The molecule has 0 saturated carbocycles. The smallest absolute Gasteiger partial charge is 0.331 e. The molecule has 1 aliphatic carbocycles. The van der Waals surface area contributed by atoms with E-state index in [0.29, 0.717) is 36.9 Å². The molecule has 0 radical (unpaired) electrons. The average Bonchev–Trinajstić information content (AvgIpc) is 3.11. The Morgan fingerprint density at radius 3 is 2.66 bits per heavy atom. The molecule has 0 spiro atoms.